The Morgan fingerprint density at radius 3 is 2.55 bits per heavy atom. The molecule has 7 nitrogen and oxygen atoms in total. The molecule has 0 unspecified atom stereocenters. The molecule has 10 heteroatoms. The van der Waals surface area contributed by atoms with Gasteiger partial charge in [-0.15, -0.1) is 0 Å². The number of piperazine rings is 1. The summed E-state index contributed by atoms with van der Waals surface area (Å²) < 4.78 is 49.7. The first kappa shape index (κ1) is 30.1. The minimum absolute atomic E-state index is 0.154. The van der Waals surface area contributed by atoms with Crippen molar-refractivity contribution in [3.63, 3.8) is 0 Å². The highest BCUT2D eigenvalue weighted by Gasteiger charge is 2.40. The van der Waals surface area contributed by atoms with E-state index >= 15 is 0 Å². The van der Waals surface area contributed by atoms with Crippen molar-refractivity contribution in [2.45, 2.75) is 44.7 Å². The van der Waals surface area contributed by atoms with Crippen molar-refractivity contribution < 1.29 is 22.3 Å². The first-order chi connectivity index (χ1) is 19.9. The third kappa shape index (κ3) is 6.19. The summed E-state index contributed by atoms with van der Waals surface area (Å²) in [7, 11) is -3.92. The Morgan fingerprint density at radius 1 is 1.07 bits per heavy atom. The standard InChI is InChI=1S/C32H35ClFN3O4S/c1-21(2)41-31(38)20-35-13-14-36-25(18-35)19-37(42(39,40)26-8-5-7-22(3)15-26)30-17-24(11-12-29(30)36)16-23(4)32-27(33)9-6-10-28(32)34/h5-12,15-17,21,25H,13-14,18-20H2,1-4H3/b23-16+/t25-/m0/s1. The molecular formula is C32H35ClFN3O4S. The molecule has 0 bridgehead atoms. The number of ether oxygens (including phenoxy) is 1. The van der Waals surface area contributed by atoms with E-state index in [0.717, 1.165) is 16.8 Å². The topological polar surface area (TPSA) is 70.2 Å². The van der Waals surface area contributed by atoms with Crippen LogP contribution in [0.3, 0.4) is 0 Å². The van der Waals surface area contributed by atoms with Gasteiger partial charge >= 0.3 is 5.97 Å². The average Bonchev–Trinajstić information content (AvgIpc) is 2.91. The number of esters is 1. The van der Waals surface area contributed by atoms with Gasteiger partial charge in [0.2, 0.25) is 0 Å². The zero-order chi connectivity index (χ0) is 30.2. The molecule has 5 rings (SSSR count). The number of sulfonamides is 1. The van der Waals surface area contributed by atoms with Crippen LogP contribution in [0.1, 0.15) is 37.5 Å². The van der Waals surface area contributed by atoms with E-state index in [4.69, 9.17) is 16.3 Å². The second kappa shape index (κ2) is 12.1. The van der Waals surface area contributed by atoms with E-state index < -0.39 is 15.8 Å². The minimum Gasteiger partial charge on any atom is -0.462 e. The number of anilines is 2. The van der Waals surface area contributed by atoms with E-state index in [1.54, 1.807) is 37.3 Å². The zero-order valence-corrected chi connectivity index (χ0v) is 25.8. The fourth-order valence-corrected chi connectivity index (χ4v) is 7.63. The Morgan fingerprint density at radius 2 is 1.83 bits per heavy atom. The molecule has 0 amide bonds. The predicted octanol–water partition coefficient (Wildman–Crippen LogP) is 6.00. The van der Waals surface area contributed by atoms with Crippen LogP contribution in [0.15, 0.2) is 65.6 Å². The number of aryl methyl sites for hydroxylation is 1. The highest BCUT2D eigenvalue weighted by atomic mass is 35.5. The van der Waals surface area contributed by atoms with Crippen molar-refractivity contribution >= 4 is 50.6 Å². The Labute approximate surface area is 252 Å². The first-order valence-electron chi connectivity index (χ1n) is 14.0. The monoisotopic (exact) mass is 611 g/mol. The smallest absolute Gasteiger partial charge is 0.320 e. The Kier molecular flexibility index (Phi) is 8.64. The molecule has 2 heterocycles. The number of hydrogen-bond acceptors (Lipinski definition) is 6. The van der Waals surface area contributed by atoms with E-state index in [1.807, 2.05) is 56.0 Å². The minimum atomic E-state index is -3.92. The molecule has 3 aromatic carbocycles. The molecule has 222 valence electrons. The molecule has 0 N–H and O–H groups in total. The quantitative estimate of drug-likeness (QED) is 0.241. The number of allylic oxidation sites excluding steroid dienone is 1. The maximum absolute atomic E-state index is 14.6. The fourth-order valence-electron chi connectivity index (χ4n) is 5.71. The number of carbonyl (C=O) groups is 1. The summed E-state index contributed by atoms with van der Waals surface area (Å²) in [4.78, 5) is 16.8. The molecule has 1 fully saturated rings. The van der Waals surface area contributed by atoms with Gasteiger partial charge in [-0.1, -0.05) is 41.9 Å². The first-order valence-corrected chi connectivity index (χ1v) is 15.8. The second-order valence-electron chi connectivity index (χ2n) is 11.1. The summed E-state index contributed by atoms with van der Waals surface area (Å²) >= 11 is 6.31. The van der Waals surface area contributed by atoms with Gasteiger partial charge in [0.1, 0.15) is 5.82 Å². The van der Waals surface area contributed by atoms with Gasteiger partial charge < -0.3 is 9.64 Å². The van der Waals surface area contributed by atoms with Crippen LogP contribution in [0.4, 0.5) is 15.8 Å². The summed E-state index contributed by atoms with van der Waals surface area (Å²) in [5, 5.41) is 0.309. The Balaban J connectivity index is 1.54. The van der Waals surface area contributed by atoms with Gasteiger partial charge in [0.05, 0.1) is 46.5 Å². The number of benzene rings is 3. The normalized spacial score (nSPS) is 17.7. The van der Waals surface area contributed by atoms with Crippen LogP contribution in [0.2, 0.25) is 5.02 Å². The molecule has 0 saturated carbocycles. The van der Waals surface area contributed by atoms with Gasteiger partial charge in [-0.3, -0.25) is 14.0 Å². The van der Waals surface area contributed by atoms with E-state index in [2.05, 4.69) is 4.90 Å². The van der Waals surface area contributed by atoms with E-state index in [-0.39, 0.29) is 36.1 Å². The predicted molar refractivity (Wildman–Crippen MR) is 166 cm³/mol. The highest BCUT2D eigenvalue weighted by molar-refractivity contribution is 7.92. The largest absolute Gasteiger partial charge is 0.462 e. The van der Waals surface area contributed by atoms with Crippen LogP contribution in [0.25, 0.3) is 11.6 Å². The van der Waals surface area contributed by atoms with Crippen LogP contribution >= 0.6 is 11.6 Å². The number of hydrogen-bond donors (Lipinski definition) is 0. The van der Waals surface area contributed by atoms with Crippen LogP contribution in [0.5, 0.6) is 0 Å². The summed E-state index contributed by atoms with van der Waals surface area (Å²) in [5.41, 5.74) is 3.86. The molecule has 42 heavy (non-hydrogen) atoms. The lowest BCUT2D eigenvalue weighted by Crippen LogP contribution is -2.61. The van der Waals surface area contributed by atoms with Crippen LogP contribution in [0, 0.1) is 12.7 Å². The van der Waals surface area contributed by atoms with Crippen molar-refractivity contribution in [1.82, 2.24) is 4.90 Å². The van der Waals surface area contributed by atoms with Crippen molar-refractivity contribution in [1.29, 1.82) is 0 Å². The van der Waals surface area contributed by atoms with Gasteiger partial charge in [0, 0.05) is 25.2 Å². The molecular weight excluding hydrogens is 577 g/mol. The molecule has 2 aliphatic heterocycles. The van der Waals surface area contributed by atoms with E-state index in [9.17, 15) is 17.6 Å². The zero-order valence-electron chi connectivity index (χ0n) is 24.2. The molecule has 0 radical (unpaired) electrons. The molecule has 1 atom stereocenters. The Bertz CT molecular complexity index is 1620. The molecule has 0 spiro atoms. The van der Waals surface area contributed by atoms with Crippen molar-refractivity contribution in [3.8, 4) is 0 Å². The molecule has 0 aromatic heterocycles. The fraction of sp³-hybridized carbons (Fsp3) is 0.344. The van der Waals surface area contributed by atoms with Crippen LogP contribution in [-0.2, 0) is 19.6 Å². The van der Waals surface area contributed by atoms with Gasteiger partial charge in [0.25, 0.3) is 10.0 Å². The second-order valence-corrected chi connectivity index (χ2v) is 13.4. The molecule has 2 aliphatic rings. The maximum Gasteiger partial charge on any atom is 0.320 e. The Hall–Kier alpha value is -3.40. The number of fused-ring (bicyclic) bond motifs is 3. The summed E-state index contributed by atoms with van der Waals surface area (Å²) in [6.45, 7) is 9.43. The third-order valence-corrected chi connectivity index (χ3v) is 9.65. The van der Waals surface area contributed by atoms with Gasteiger partial charge in [0.15, 0.2) is 0 Å². The summed E-state index contributed by atoms with van der Waals surface area (Å²) in [5.74, 6) is -0.712. The van der Waals surface area contributed by atoms with E-state index in [0.29, 0.717) is 41.5 Å². The number of carbonyl (C=O) groups excluding carboxylic acids is 1. The maximum atomic E-state index is 14.6. The molecule has 1 saturated heterocycles. The highest BCUT2D eigenvalue weighted by Crippen LogP contribution is 2.41. The van der Waals surface area contributed by atoms with Gasteiger partial charge in [-0.2, -0.15) is 0 Å². The summed E-state index contributed by atoms with van der Waals surface area (Å²) in [6, 6.07) is 16.9. The molecule has 0 aliphatic carbocycles. The van der Waals surface area contributed by atoms with Crippen LogP contribution in [-0.4, -0.2) is 64.2 Å². The van der Waals surface area contributed by atoms with Gasteiger partial charge in [-0.25, -0.2) is 12.8 Å². The lowest BCUT2D eigenvalue weighted by Gasteiger charge is -2.49. The average molecular weight is 612 g/mol. The lowest BCUT2D eigenvalue weighted by molar-refractivity contribution is -0.148. The third-order valence-electron chi connectivity index (χ3n) is 7.56. The SMILES string of the molecule is C/C(=C\c1ccc2c(c1)N(S(=O)(=O)c1cccc(C)c1)C[C@@H]1CN(CC(=O)OC(C)C)CCN21)c1c(F)cccc1Cl. The van der Waals surface area contributed by atoms with Gasteiger partial charge in [-0.05, 0) is 80.8 Å². The van der Waals surface area contributed by atoms with Crippen LogP contribution < -0.4 is 9.21 Å². The van der Waals surface area contributed by atoms with E-state index in [1.165, 1.54) is 10.4 Å². The summed E-state index contributed by atoms with van der Waals surface area (Å²) in [6.07, 6.45) is 1.61. The molecule has 3 aromatic rings. The number of halogens is 2. The van der Waals surface area contributed by atoms with Crippen molar-refractivity contribution in [3.05, 3.63) is 88.2 Å². The number of rotatable bonds is 7. The van der Waals surface area contributed by atoms with Crippen molar-refractivity contribution in [2.75, 3.05) is 41.9 Å². The van der Waals surface area contributed by atoms with Crippen molar-refractivity contribution in [2.24, 2.45) is 0 Å². The lowest BCUT2D eigenvalue weighted by atomic mass is 10.0. The number of nitrogens with zero attached hydrogens (tertiary/aromatic N) is 3.